The number of carbonyl (C=O) groups is 5. The molecular formula is C28H30N2O8. The molecule has 2 aliphatic rings. The Morgan fingerprint density at radius 1 is 1.00 bits per heavy atom. The number of ether oxygens (including phenoxy) is 2. The van der Waals surface area contributed by atoms with Gasteiger partial charge in [0.25, 0.3) is 11.8 Å². The van der Waals surface area contributed by atoms with Crippen LogP contribution in [-0.2, 0) is 33.5 Å². The van der Waals surface area contributed by atoms with Crippen molar-refractivity contribution in [1.82, 2.24) is 5.06 Å². The summed E-state index contributed by atoms with van der Waals surface area (Å²) in [6.45, 7) is 3.91. The molecule has 200 valence electrons. The molecule has 0 radical (unpaired) electrons. The smallest absolute Gasteiger partial charge is 0.466 e. The van der Waals surface area contributed by atoms with Gasteiger partial charge in [-0.2, -0.15) is 0 Å². The molecule has 1 heterocycles. The summed E-state index contributed by atoms with van der Waals surface area (Å²) in [6, 6.07) is 13.1. The first-order chi connectivity index (χ1) is 18.3. The standard InChI is InChI=1S/C28H30N2O8/c1-3-4-13-36-26(33)14-17(2)27(34)29-18-9-10-21-19-7-5-6-8-20(19)23(22(21)15-18)16-37-28(35)38-30-24(31)11-12-25(30)32/h5-10,15,17,23H,3-4,11-14,16H2,1-2H3,(H,29,34). The predicted octanol–water partition coefficient (Wildman–Crippen LogP) is 4.32. The molecule has 1 fully saturated rings. The van der Waals surface area contributed by atoms with E-state index in [4.69, 9.17) is 14.3 Å². The molecule has 0 saturated carbocycles. The van der Waals surface area contributed by atoms with Gasteiger partial charge in [-0.15, -0.1) is 0 Å². The lowest BCUT2D eigenvalue weighted by molar-refractivity contribution is -0.177. The molecule has 1 aliphatic carbocycles. The van der Waals surface area contributed by atoms with Gasteiger partial charge >= 0.3 is 12.1 Å². The van der Waals surface area contributed by atoms with Gasteiger partial charge in [-0.3, -0.25) is 24.0 Å². The highest BCUT2D eigenvalue weighted by Gasteiger charge is 2.35. The second kappa shape index (κ2) is 11.9. The number of rotatable bonds is 10. The van der Waals surface area contributed by atoms with E-state index in [0.717, 1.165) is 35.1 Å². The van der Waals surface area contributed by atoms with Crippen LogP contribution in [0.3, 0.4) is 0 Å². The fourth-order valence-corrected chi connectivity index (χ4v) is 4.47. The zero-order valence-electron chi connectivity index (χ0n) is 21.4. The molecule has 0 spiro atoms. The maximum atomic E-state index is 12.7. The lowest BCUT2D eigenvalue weighted by Gasteiger charge is -2.17. The van der Waals surface area contributed by atoms with Crippen molar-refractivity contribution in [2.75, 3.05) is 18.5 Å². The third-order valence-electron chi connectivity index (χ3n) is 6.54. The number of nitrogens with zero attached hydrogens (tertiary/aromatic N) is 1. The number of benzene rings is 2. The molecule has 1 N–H and O–H groups in total. The van der Waals surface area contributed by atoms with Crippen molar-refractivity contribution in [2.24, 2.45) is 5.92 Å². The van der Waals surface area contributed by atoms with E-state index in [2.05, 4.69) is 5.32 Å². The zero-order valence-corrected chi connectivity index (χ0v) is 21.4. The molecule has 2 atom stereocenters. The number of hydrogen-bond donors (Lipinski definition) is 1. The minimum Gasteiger partial charge on any atom is -0.466 e. The van der Waals surface area contributed by atoms with Crippen LogP contribution in [0.15, 0.2) is 42.5 Å². The van der Waals surface area contributed by atoms with Gasteiger partial charge in [0.1, 0.15) is 6.61 Å². The van der Waals surface area contributed by atoms with Crippen molar-refractivity contribution in [3.8, 4) is 11.1 Å². The number of carbonyl (C=O) groups excluding carboxylic acids is 5. The lowest BCUT2D eigenvalue weighted by Crippen LogP contribution is -2.32. The van der Waals surface area contributed by atoms with Crippen molar-refractivity contribution in [3.63, 3.8) is 0 Å². The van der Waals surface area contributed by atoms with Crippen LogP contribution in [-0.4, -0.2) is 48.1 Å². The molecule has 10 nitrogen and oxygen atoms in total. The van der Waals surface area contributed by atoms with Crippen LogP contribution < -0.4 is 5.32 Å². The zero-order chi connectivity index (χ0) is 27.2. The Kier molecular flexibility index (Phi) is 8.40. The first-order valence-corrected chi connectivity index (χ1v) is 12.7. The molecule has 2 unspecified atom stereocenters. The molecule has 1 aliphatic heterocycles. The number of hydroxylamine groups is 2. The van der Waals surface area contributed by atoms with Crippen molar-refractivity contribution in [3.05, 3.63) is 53.6 Å². The number of imide groups is 1. The van der Waals surface area contributed by atoms with Crippen molar-refractivity contribution >= 4 is 35.5 Å². The van der Waals surface area contributed by atoms with Crippen LogP contribution in [0.2, 0.25) is 0 Å². The van der Waals surface area contributed by atoms with Gasteiger partial charge in [-0.25, -0.2) is 4.79 Å². The van der Waals surface area contributed by atoms with E-state index in [1.807, 2.05) is 43.3 Å². The molecule has 4 rings (SSSR count). The Morgan fingerprint density at radius 3 is 2.45 bits per heavy atom. The first kappa shape index (κ1) is 26.8. The average molecular weight is 523 g/mol. The summed E-state index contributed by atoms with van der Waals surface area (Å²) in [5.74, 6) is -2.85. The van der Waals surface area contributed by atoms with Crippen LogP contribution in [0.1, 0.15) is 63.0 Å². The highest BCUT2D eigenvalue weighted by molar-refractivity contribution is 6.01. The van der Waals surface area contributed by atoms with E-state index in [9.17, 15) is 24.0 Å². The fourth-order valence-electron chi connectivity index (χ4n) is 4.47. The van der Waals surface area contributed by atoms with Crippen LogP contribution in [0.5, 0.6) is 0 Å². The molecular weight excluding hydrogens is 492 g/mol. The predicted molar refractivity (Wildman–Crippen MR) is 136 cm³/mol. The second-order valence-electron chi connectivity index (χ2n) is 9.34. The number of anilines is 1. The summed E-state index contributed by atoms with van der Waals surface area (Å²) in [4.78, 5) is 65.2. The number of esters is 1. The quantitative estimate of drug-likeness (QED) is 0.278. The topological polar surface area (TPSA) is 128 Å². The summed E-state index contributed by atoms with van der Waals surface area (Å²) < 4.78 is 10.4. The van der Waals surface area contributed by atoms with E-state index in [1.54, 1.807) is 13.0 Å². The van der Waals surface area contributed by atoms with Gasteiger partial charge in [0.2, 0.25) is 5.91 Å². The number of nitrogens with one attached hydrogen (secondary N) is 1. The number of amides is 3. The van der Waals surface area contributed by atoms with Crippen LogP contribution >= 0.6 is 0 Å². The van der Waals surface area contributed by atoms with Gasteiger partial charge < -0.3 is 14.8 Å². The maximum absolute atomic E-state index is 12.7. The fraction of sp³-hybridized carbons (Fsp3) is 0.393. The maximum Gasteiger partial charge on any atom is 0.533 e. The highest BCUT2D eigenvalue weighted by Crippen LogP contribution is 2.45. The summed E-state index contributed by atoms with van der Waals surface area (Å²) in [6.07, 6.45) is 0.499. The van der Waals surface area contributed by atoms with E-state index < -0.39 is 29.9 Å². The third kappa shape index (κ3) is 6.01. The summed E-state index contributed by atoms with van der Waals surface area (Å²) in [5, 5.41) is 3.29. The Bertz CT molecular complexity index is 1240. The van der Waals surface area contributed by atoms with Gasteiger partial charge in [0.15, 0.2) is 0 Å². The van der Waals surface area contributed by atoms with Gasteiger partial charge in [-0.05, 0) is 40.8 Å². The van der Waals surface area contributed by atoms with Crippen molar-refractivity contribution < 1.29 is 38.3 Å². The first-order valence-electron chi connectivity index (χ1n) is 12.7. The molecule has 10 heteroatoms. The van der Waals surface area contributed by atoms with Crippen LogP contribution in [0.25, 0.3) is 11.1 Å². The van der Waals surface area contributed by atoms with Crippen LogP contribution in [0, 0.1) is 5.92 Å². The Balaban J connectivity index is 1.43. The molecule has 1 saturated heterocycles. The van der Waals surface area contributed by atoms with Gasteiger partial charge in [-0.1, -0.05) is 55.7 Å². The lowest BCUT2D eigenvalue weighted by atomic mass is 9.97. The van der Waals surface area contributed by atoms with Gasteiger partial charge in [0.05, 0.1) is 13.0 Å². The largest absolute Gasteiger partial charge is 0.533 e. The SMILES string of the molecule is CCCCOC(=O)CC(C)C(=O)Nc1ccc2c(c1)C(COC(=O)ON1C(=O)CCC1=O)c1ccccc1-2. The minimum atomic E-state index is -1.15. The Morgan fingerprint density at radius 2 is 1.71 bits per heavy atom. The molecule has 0 bridgehead atoms. The number of fused-ring (bicyclic) bond motifs is 3. The molecule has 2 aromatic rings. The molecule has 38 heavy (non-hydrogen) atoms. The Labute approximate surface area is 220 Å². The second-order valence-corrected chi connectivity index (χ2v) is 9.34. The summed E-state index contributed by atoms with van der Waals surface area (Å²) in [5.41, 5.74) is 4.19. The van der Waals surface area contributed by atoms with E-state index >= 15 is 0 Å². The average Bonchev–Trinajstić information content (AvgIpc) is 3.38. The molecule has 2 aromatic carbocycles. The molecule has 3 amide bonds. The van der Waals surface area contributed by atoms with E-state index in [-0.39, 0.29) is 37.7 Å². The monoisotopic (exact) mass is 522 g/mol. The van der Waals surface area contributed by atoms with E-state index in [1.165, 1.54) is 0 Å². The Hall–Kier alpha value is -4.21. The normalized spacial score (nSPS) is 16.5. The van der Waals surface area contributed by atoms with Crippen molar-refractivity contribution in [1.29, 1.82) is 0 Å². The number of hydrogen-bond acceptors (Lipinski definition) is 8. The summed E-state index contributed by atoms with van der Waals surface area (Å²) >= 11 is 0. The minimum absolute atomic E-state index is 0.0113. The number of unbranched alkanes of at least 4 members (excludes halogenated alkanes) is 1. The highest BCUT2D eigenvalue weighted by atomic mass is 16.8. The van der Waals surface area contributed by atoms with E-state index in [0.29, 0.717) is 17.4 Å². The molecule has 0 aromatic heterocycles. The van der Waals surface area contributed by atoms with Crippen molar-refractivity contribution in [2.45, 2.75) is 51.9 Å². The van der Waals surface area contributed by atoms with Crippen LogP contribution in [0.4, 0.5) is 10.5 Å². The third-order valence-corrected chi connectivity index (χ3v) is 6.54. The summed E-state index contributed by atoms with van der Waals surface area (Å²) in [7, 11) is 0. The van der Waals surface area contributed by atoms with Gasteiger partial charge in [0, 0.05) is 30.4 Å².